The summed E-state index contributed by atoms with van der Waals surface area (Å²) < 4.78 is 58.0. The van der Waals surface area contributed by atoms with E-state index in [4.69, 9.17) is 23.7 Å². The van der Waals surface area contributed by atoms with Crippen molar-refractivity contribution in [3.8, 4) is 0 Å². The molecule has 2 aromatic carbocycles. The van der Waals surface area contributed by atoms with Gasteiger partial charge in [-0.2, -0.15) is 0 Å². The van der Waals surface area contributed by atoms with Crippen LogP contribution < -0.4 is 0 Å². The van der Waals surface area contributed by atoms with E-state index in [1.165, 1.54) is 0 Å². The molecule has 33 heavy (non-hydrogen) atoms. The number of hydrogen-bond acceptors (Lipinski definition) is 8. The maximum atomic E-state index is 14.1. The van der Waals surface area contributed by atoms with Gasteiger partial charge >= 0.3 is 0 Å². The van der Waals surface area contributed by atoms with E-state index >= 15 is 0 Å². The van der Waals surface area contributed by atoms with E-state index in [0.29, 0.717) is 26.3 Å². The van der Waals surface area contributed by atoms with Crippen LogP contribution in [0.3, 0.4) is 0 Å². The van der Waals surface area contributed by atoms with Gasteiger partial charge in [0.05, 0.1) is 30.8 Å². The number of fused-ring (bicyclic) bond motifs is 1. The summed E-state index contributed by atoms with van der Waals surface area (Å²) in [4.78, 5) is 2.35. The lowest BCUT2D eigenvalue weighted by Crippen LogP contribution is -2.69. The summed E-state index contributed by atoms with van der Waals surface area (Å²) >= 11 is 0. The van der Waals surface area contributed by atoms with Crippen LogP contribution in [0.5, 0.6) is 0 Å². The van der Waals surface area contributed by atoms with Gasteiger partial charge in [-0.15, -0.1) is 0 Å². The maximum Gasteiger partial charge on any atom is 0.185 e. The zero-order valence-electron chi connectivity index (χ0n) is 18.5. The van der Waals surface area contributed by atoms with Gasteiger partial charge in [0.25, 0.3) is 0 Å². The normalized spacial score (nSPS) is 33.4. The molecule has 0 aromatic heterocycles. The SMILES string of the molecule is CO[C@@H]1O[C@@H]2COC(c3ccccc3)O[C@H]2[C@H](S(=O)(=O)c2ccccc2)[C@H]1N1CCOCC1. The highest BCUT2D eigenvalue weighted by atomic mass is 32.2. The van der Waals surface area contributed by atoms with Crippen molar-refractivity contribution < 1.29 is 32.1 Å². The molecule has 9 heteroatoms. The number of benzene rings is 2. The Morgan fingerprint density at radius 2 is 1.61 bits per heavy atom. The monoisotopic (exact) mass is 475 g/mol. The van der Waals surface area contributed by atoms with Gasteiger partial charge in [0.2, 0.25) is 0 Å². The highest BCUT2D eigenvalue weighted by Crippen LogP contribution is 2.40. The lowest BCUT2D eigenvalue weighted by Gasteiger charge is -2.52. The first kappa shape index (κ1) is 22.9. The van der Waals surface area contributed by atoms with E-state index < -0.39 is 45.9 Å². The Bertz CT molecular complexity index is 1010. The topological polar surface area (TPSA) is 83.5 Å². The molecule has 0 radical (unpaired) electrons. The summed E-state index contributed by atoms with van der Waals surface area (Å²) in [6.45, 7) is 2.43. The van der Waals surface area contributed by atoms with E-state index in [9.17, 15) is 8.42 Å². The molecule has 3 aliphatic heterocycles. The molecule has 2 aromatic rings. The van der Waals surface area contributed by atoms with E-state index in [0.717, 1.165) is 5.56 Å². The van der Waals surface area contributed by atoms with Crippen LogP contribution in [0.25, 0.3) is 0 Å². The molecule has 1 unspecified atom stereocenters. The first-order valence-electron chi connectivity index (χ1n) is 11.2. The van der Waals surface area contributed by atoms with Crippen LogP contribution in [-0.4, -0.2) is 83.1 Å². The van der Waals surface area contributed by atoms with Gasteiger partial charge in [0.15, 0.2) is 22.4 Å². The average molecular weight is 476 g/mol. The Morgan fingerprint density at radius 3 is 2.27 bits per heavy atom. The maximum absolute atomic E-state index is 14.1. The van der Waals surface area contributed by atoms with Crippen LogP contribution in [-0.2, 0) is 33.5 Å². The predicted octanol–water partition coefficient (Wildman–Crippen LogP) is 2.02. The van der Waals surface area contributed by atoms with E-state index in [1.54, 1.807) is 37.4 Å². The Hall–Kier alpha value is -1.85. The fraction of sp³-hybridized carbons (Fsp3) is 0.500. The zero-order valence-corrected chi connectivity index (χ0v) is 19.3. The third-order valence-corrected chi connectivity index (χ3v) is 8.70. The minimum atomic E-state index is -3.80. The minimum absolute atomic E-state index is 0.209. The van der Waals surface area contributed by atoms with Crippen molar-refractivity contribution in [2.75, 3.05) is 40.0 Å². The highest BCUT2D eigenvalue weighted by Gasteiger charge is 2.57. The van der Waals surface area contributed by atoms with Crippen molar-refractivity contribution in [2.24, 2.45) is 0 Å². The van der Waals surface area contributed by atoms with Crippen LogP contribution >= 0.6 is 0 Å². The molecule has 8 nitrogen and oxygen atoms in total. The molecule has 178 valence electrons. The summed E-state index contributed by atoms with van der Waals surface area (Å²) in [5.74, 6) is 0. The number of ether oxygens (including phenoxy) is 5. The van der Waals surface area contributed by atoms with Crippen LogP contribution in [0.2, 0.25) is 0 Å². The van der Waals surface area contributed by atoms with Gasteiger partial charge in [-0.3, -0.25) is 4.90 Å². The van der Waals surface area contributed by atoms with Crippen molar-refractivity contribution in [2.45, 2.75) is 41.0 Å². The molecular formula is C24H29NO7S. The minimum Gasteiger partial charge on any atom is -0.379 e. The second-order valence-corrected chi connectivity index (χ2v) is 10.5. The Kier molecular flexibility index (Phi) is 6.80. The van der Waals surface area contributed by atoms with Crippen molar-refractivity contribution in [3.05, 3.63) is 66.2 Å². The number of hydrogen-bond donors (Lipinski definition) is 0. The van der Waals surface area contributed by atoms with E-state index in [-0.39, 0.29) is 11.5 Å². The molecule has 0 spiro atoms. The molecule has 5 rings (SSSR count). The number of sulfone groups is 1. The van der Waals surface area contributed by atoms with Crippen LogP contribution in [0, 0.1) is 0 Å². The van der Waals surface area contributed by atoms with Crippen molar-refractivity contribution in [3.63, 3.8) is 0 Å². The molecule has 0 amide bonds. The smallest absolute Gasteiger partial charge is 0.185 e. The largest absolute Gasteiger partial charge is 0.379 e. The summed E-state index contributed by atoms with van der Waals surface area (Å²) in [5.41, 5.74) is 0.837. The van der Waals surface area contributed by atoms with Crippen LogP contribution in [0.4, 0.5) is 0 Å². The molecule has 0 saturated carbocycles. The Morgan fingerprint density at radius 1 is 0.939 bits per heavy atom. The highest BCUT2D eigenvalue weighted by molar-refractivity contribution is 7.92. The van der Waals surface area contributed by atoms with E-state index in [1.807, 2.05) is 30.3 Å². The summed E-state index contributed by atoms with van der Waals surface area (Å²) in [7, 11) is -2.26. The quantitative estimate of drug-likeness (QED) is 0.650. The Balaban J connectivity index is 1.56. The molecule has 0 N–H and O–H groups in total. The molecular weight excluding hydrogens is 446 g/mol. The first-order valence-corrected chi connectivity index (χ1v) is 12.8. The standard InChI is InChI=1S/C24H29NO7S/c1-28-24-20(25-12-14-29-15-13-25)22(33(26,27)18-10-6-3-7-11-18)21-19(31-24)16-30-23(32-21)17-8-4-2-5-9-17/h2-11,19-24H,12-16H2,1H3/t19-,20-,21-,22-,23?,24-/m1/s1. The van der Waals surface area contributed by atoms with Crippen molar-refractivity contribution in [1.82, 2.24) is 4.90 Å². The molecule has 3 aliphatic rings. The fourth-order valence-electron chi connectivity index (χ4n) is 4.92. The van der Waals surface area contributed by atoms with Crippen molar-refractivity contribution >= 4 is 9.84 Å². The average Bonchev–Trinajstić information content (AvgIpc) is 2.88. The Labute approximate surface area is 194 Å². The number of morpholine rings is 1. The lowest BCUT2D eigenvalue weighted by molar-refractivity contribution is -0.325. The van der Waals surface area contributed by atoms with Gasteiger partial charge < -0.3 is 23.7 Å². The van der Waals surface area contributed by atoms with E-state index in [2.05, 4.69) is 4.90 Å². The zero-order chi connectivity index (χ0) is 22.8. The van der Waals surface area contributed by atoms with Gasteiger partial charge in [0, 0.05) is 25.8 Å². The molecule has 3 saturated heterocycles. The fourth-order valence-corrected chi connectivity index (χ4v) is 7.03. The molecule has 0 bridgehead atoms. The van der Waals surface area contributed by atoms with Crippen molar-refractivity contribution in [1.29, 1.82) is 0 Å². The summed E-state index contributed by atoms with van der Waals surface area (Å²) in [6.07, 6.45) is -2.72. The molecule has 6 atom stereocenters. The third-order valence-electron chi connectivity index (χ3n) is 6.51. The number of rotatable bonds is 5. The first-order chi connectivity index (χ1) is 16.1. The number of nitrogens with zero attached hydrogens (tertiary/aromatic N) is 1. The number of methoxy groups -OCH3 is 1. The lowest BCUT2D eigenvalue weighted by atomic mass is 9.96. The predicted molar refractivity (Wildman–Crippen MR) is 119 cm³/mol. The summed E-state index contributed by atoms with van der Waals surface area (Å²) in [6, 6.07) is 17.5. The van der Waals surface area contributed by atoms with Gasteiger partial charge in [-0.25, -0.2) is 8.42 Å². The second-order valence-electron chi connectivity index (χ2n) is 8.42. The molecule has 3 fully saturated rings. The van der Waals surface area contributed by atoms with Gasteiger partial charge in [0.1, 0.15) is 17.5 Å². The third kappa shape index (κ3) is 4.46. The van der Waals surface area contributed by atoms with Crippen LogP contribution in [0.1, 0.15) is 11.9 Å². The second kappa shape index (κ2) is 9.79. The van der Waals surface area contributed by atoms with Gasteiger partial charge in [-0.1, -0.05) is 48.5 Å². The summed E-state index contributed by atoms with van der Waals surface area (Å²) in [5, 5.41) is -0.906. The van der Waals surface area contributed by atoms with Crippen LogP contribution in [0.15, 0.2) is 65.6 Å². The molecule has 3 heterocycles. The molecule has 0 aliphatic carbocycles. The van der Waals surface area contributed by atoms with Gasteiger partial charge in [-0.05, 0) is 12.1 Å².